The van der Waals surface area contributed by atoms with E-state index >= 15 is 0 Å². The van der Waals surface area contributed by atoms with E-state index in [1.807, 2.05) is 43.4 Å². The molecule has 0 bridgehead atoms. The molecule has 4 aromatic carbocycles. The SMILES string of the molecule is COc1ccc(NC(=O)C(=Cc2ccc3c(c2)c2ccccc2n3C)NC(=O)c2ccccc2)cc1. The first-order chi connectivity index (χ1) is 17.5. The molecule has 0 aliphatic carbocycles. The highest BCUT2D eigenvalue weighted by atomic mass is 16.5. The lowest BCUT2D eigenvalue weighted by atomic mass is 10.1. The van der Waals surface area contributed by atoms with Crippen LogP contribution in [0.25, 0.3) is 27.9 Å². The second-order valence-corrected chi connectivity index (χ2v) is 8.41. The monoisotopic (exact) mass is 475 g/mol. The van der Waals surface area contributed by atoms with Crippen LogP contribution in [-0.2, 0) is 11.8 Å². The van der Waals surface area contributed by atoms with Gasteiger partial charge in [0.15, 0.2) is 0 Å². The molecule has 5 aromatic rings. The number of carbonyl (C=O) groups excluding carboxylic acids is 2. The van der Waals surface area contributed by atoms with Crippen LogP contribution in [0.4, 0.5) is 5.69 Å². The lowest BCUT2D eigenvalue weighted by molar-refractivity contribution is -0.113. The quantitative estimate of drug-likeness (QED) is 0.307. The molecule has 1 heterocycles. The minimum absolute atomic E-state index is 0.138. The van der Waals surface area contributed by atoms with Gasteiger partial charge in [-0.25, -0.2) is 0 Å². The van der Waals surface area contributed by atoms with Crippen LogP contribution in [0.2, 0.25) is 0 Å². The van der Waals surface area contributed by atoms with Gasteiger partial charge in [0.25, 0.3) is 11.8 Å². The molecule has 1 aromatic heterocycles. The summed E-state index contributed by atoms with van der Waals surface area (Å²) in [6.07, 6.45) is 1.70. The van der Waals surface area contributed by atoms with Gasteiger partial charge < -0.3 is 19.9 Å². The van der Waals surface area contributed by atoms with Crippen molar-refractivity contribution in [3.63, 3.8) is 0 Å². The second kappa shape index (κ2) is 9.80. The zero-order valence-corrected chi connectivity index (χ0v) is 20.0. The Balaban J connectivity index is 1.52. The molecule has 178 valence electrons. The van der Waals surface area contributed by atoms with Crippen LogP contribution >= 0.6 is 0 Å². The molecule has 36 heavy (non-hydrogen) atoms. The number of para-hydroxylation sites is 1. The van der Waals surface area contributed by atoms with Gasteiger partial charge in [0, 0.05) is 40.1 Å². The number of hydrogen-bond donors (Lipinski definition) is 2. The molecule has 2 amide bonds. The largest absolute Gasteiger partial charge is 0.497 e. The number of anilines is 1. The van der Waals surface area contributed by atoms with Gasteiger partial charge in [0.2, 0.25) is 0 Å². The van der Waals surface area contributed by atoms with Gasteiger partial charge in [-0.15, -0.1) is 0 Å². The molecule has 0 unspecified atom stereocenters. The Labute approximate surface area is 208 Å². The Morgan fingerprint density at radius 3 is 2.25 bits per heavy atom. The number of aromatic nitrogens is 1. The topological polar surface area (TPSA) is 72.4 Å². The third kappa shape index (κ3) is 4.57. The molecular weight excluding hydrogens is 450 g/mol. The number of benzene rings is 4. The van der Waals surface area contributed by atoms with Crippen molar-refractivity contribution in [3.8, 4) is 5.75 Å². The summed E-state index contributed by atoms with van der Waals surface area (Å²) in [5, 5.41) is 7.86. The van der Waals surface area contributed by atoms with E-state index < -0.39 is 5.91 Å². The van der Waals surface area contributed by atoms with Gasteiger partial charge in [-0.1, -0.05) is 42.5 Å². The van der Waals surface area contributed by atoms with Crippen LogP contribution in [0, 0.1) is 0 Å². The van der Waals surface area contributed by atoms with Gasteiger partial charge in [-0.2, -0.15) is 0 Å². The van der Waals surface area contributed by atoms with Gasteiger partial charge in [-0.05, 0) is 66.2 Å². The van der Waals surface area contributed by atoms with Gasteiger partial charge in [-0.3, -0.25) is 9.59 Å². The molecule has 0 spiro atoms. The fraction of sp³-hybridized carbons (Fsp3) is 0.0667. The Morgan fingerprint density at radius 1 is 0.806 bits per heavy atom. The standard InChI is InChI=1S/C30H25N3O3/c1-33-27-11-7-6-10-24(27)25-18-20(12-17-28(25)33)19-26(32-29(34)21-8-4-3-5-9-21)30(35)31-22-13-15-23(36-2)16-14-22/h3-19H,1-2H3,(H,31,35)(H,32,34). The third-order valence-electron chi connectivity index (χ3n) is 6.13. The number of ether oxygens (including phenoxy) is 1. The number of methoxy groups -OCH3 is 1. The van der Waals surface area contributed by atoms with E-state index in [1.165, 1.54) is 0 Å². The van der Waals surface area contributed by atoms with Crippen molar-refractivity contribution in [3.05, 3.63) is 114 Å². The average molecular weight is 476 g/mol. The van der Waals surface area contributed by atoms with Crippen LogP contribution in [-0.4, -0.2) is 23.5 Å². The zero-order chi connectivity index (χ0) is 25.1. The van der Waals surface area contributed by atoms with Gasteiger partial charge >= 0.3 is 0 Å². The molecular formula is C30H25N3O3. The number of nitrogens with zero attached hydrogens (tertiary/aromatic N) is 1. The highest BCUT2D eigenvalue weighted by molar-refractivity contribution is 6.12. The van der Waals surface area contributed by atoms with Crippen molar-refractivity contribution in [1.29, 1.82) is 0 Å². The fourth-order valence-electron chi connectivity index (χ4n) is 4.26. The fourth-order valence-corrected chi connectivity index (χ4v) is 4.26. The minimum atomic E-state index is -0.428. The highest BCUT2D eigenvalue weighted by Crippen LogP contribution is 2.29. The van der Waals surface area contributed by atoms with Crippen molar-refractivity contribution < 1.29 is 14.3 Å². The van der Waals surface area contributed by atoms with Gasteiger partial charge in [0.1, 0.15) is 11.4 Å². The van der Waals surface area contributed by atoms with Crippen molar-refractivity contribution in [2.75, 3.05) is 12.4 Å². The number of carbonyl (C=O) groups is 2. The van der Waals surface area contributed by atoms with Crippen LogP contribution in [0.15, 0.2) is 103 Å². The normalized spacial score (nSPS) is 11.4. The molecule has 6 heteroatoms. The van der Waals surface area contributed by atoms with Crippen LogP contribution < -0.4 is 15.4 Å². The molecule has 0 radical (unpaired) electrons. The summed E-state index contributed by atoms with van der Waals surface area (Å²) in [7, 11) is 3.62. The smallest absolute Gasteiger partial charge is 0.272 e. The van der Waals surface area contributed by atoms with Crippen molar-refractivity contribution in [2.45, 2.75) is 0 Å². The van der Waals surface area contributed by atoms with Crippen molar-refractivity contribution >= 4 is 45.4 Å². The zero-order valence-electron chi connectivity index (χ0n) is 20.0. The maximum Gasteiger partial charge on any atom is 0.272 e. The third-order valence-corrected chi connectivity index (χ3v) is 6.13. The van der Waals surface area contributed by atoms with E-state index in [0.717, 1.165) is 27.4 Å². The lowest BCUT2D eigenvalue weighted by Gasteiger charge is -2.12. The first-order valence-corrected chi connectivity index (χ1v) is 11.5. The van der Waals surface area contributed by atoms with Crippen LogP contribution in [0.5, 0.6) is 5.75 Å². The van der Waals surface area contributed by atoms with E-state index in [1.54, 1.807) is 61.7 Å². The molecule has 2 N–H and O–H groups in total. The molecule has 0 atom stereocenters. The molecule has 6 nitrogen and oxygen atoms in total. The molecule has 0 aliphatic rings. The molecule has 0 saturated carbocycles. The lowest BCUT2D eigenvalue weighted by Crippen LogP contribution is -2.30. The summed E-state index contributed by atoms with van der Waals surface area (Å²) >= 11 is 0. The molecule has 0 fully saturated rings. The predicted molar refractivity (Wildman–Crippen MR) is 144 cm³/mol. The van der Waals surface area contributed by atoms with Crippen molar-refractivity contribution in [2.24, 2.45) is 7.05 Å². The van der Waals surface area contributed by atoms with E-state index in [9.17, 15) is 9.59 Å². The average Bonchev–Trinajstić information content (AvgIpc) is 3.20. The summed E-state index contributed by atoms with van der Waals surface area (Å²) in [6, 6.07) is 30.0. The maximum absolute atomic E-state index is 13.3. The number of fused-ring (bicyclic) bond motifs is 3. The Hall–Kier alpha value is -4.84. The second-order valence-electron chi connectivity index (χ2n) is 8.41. The van der Waals surface area contributed by atoms with E-state index in [-0.39, 0.29) is 11.6 Å². The summed E-state index contributed by atoms with van der Waals surface area (Å²) in [6.45, 7) is 0. The maximum atomic E-state index is 13.3. The minimum Gasteiger partial charge on any atom is -0.497 e. The van der Waals surface area contributed by atoms with Crippen LogP contribution in [0.1, 0.15) is 15.9 Å². The Morgan fingerprint density at radius 2 is 1.50 bits per heavy atom. The summed E-state index contributed by atoms with van der Waals surface area (Å²) in [5.74, 6) is -0.107. The summed E-state index contributed by atoms with van der Waals surface area (Å²) in [5.41, 5.74) is 4.20. The molecule has 0 saturated heterocycles. The van der Waals surface area contributed by atoms with Crippen molar-refractivity contribution in [1.82, 2.24) is 9.88 Å². The van der Waals surface area contributed by atoms with Crippen LogP contribution in [0.3, 0.4) is 0 Å². The number of amides is 2. The Kier molecular flexibility index (Phi) is 6.24. The first kappa shape index (κ1) is 22.9. The molecule has 0 aliphatic heterocycles. The number of nitrogens with one attached hydrogen (secondary N) is 2. The van der Waals surface area contributed by atoms with E-state index in [4.69, 9.17) is 4.74 Å². The van der Waals surface area contributed by atoms with Gasteiger partial charge in [0.05, 0.1) is 7.11 Å². The van der Waals surface area contributed by atoms with E-state index in [2.05, 4.69) is 27.3 Å². The number of aryl methyl sites for hydroxylation is 1. The first-order valence-electron chi connectivity index (χ1n) is 11.5. The molecule has 5 rings (SSSR count). The highest BCUT2D eigenvalue weighted by Gasteiger charge is 2.16. The number of hydrogen-bond acceptors (Lipinski definition) is 3. The summed E-state index contributed by atoms with van der Waals surface area (Å²) < 4.78 is 7.33. The van der Waals surface area contributed by atoms with E-state index in [0.29, 0.717) is 17.0 Å². The summed E-state index contributed by atoms with van der Waals surface area (Å²) in [4.78, 5) is 26.2. The Bertz CT molecular complexity index is 1600. The predicted octanol–water partition coefficient (Wildman–Crippen LogP) is 5.75. The number of rotatable bonds is 6.